The first kappa shape index (κ1) is 12.7. The fraction of sp³-hybridized carbons (Fsp3) is 0.0667. The first-order valence-electron chi connectivity index (χ1n) is 6.07. The molecule has 4 nitrogen and oxygen atoms in total. The number of hydrogen-bond acceptors (Lipinski definition) is 4. The van der Waals surface area contributed by atoms with Gasteiger partial charge in [-0.15, -0.1) is 0 Å². The summed E-state index contributed by atoms with van der Waals surface area (Å²) in [6.07, 6.45) is 1.58. The molecule has 0 fully saturated rings. The molecule has 102 valence electrons. The van der Waals surface area contributed by atoms with Crippen molar-refractivity contribution in [1.82, 2.24) is 0 Å². The van der Waals surface area contributed by atoms with E-state index in [1.165, 1.54) is 0 Å². The molecule has 0 unspecified atom stereocenters. The lowest BCUT2D eigenvalue weighted by molar-refractivity contribution is 0.350. The van der Waals surface area contributed by atoms with Gasteiger partial charge in [-0.3, -0.25) is 0 Å². The minimum absolute atomic E-state index is 0.0216. The third kappa shape index (κ3) is 2.53. The molecule has 1 heterocycles. The van der Waals surface area contributed by atoms with E-state index in [0.717, 1.165) is 5.56 Å². The SMILES string of the molecule is O=S(=O)(Oc1ccccc1)C1=Cc2ccccc2OC1. The van der Waals surface area contributed by atoms with E-state index < -0.39 is 10.1 Å². The number of ether oxygens (including phenoxy) is 1. The third-order valence-corrected chi connectivity index (χ3v) is 4.17. The molecule has 0 amide bonds. The molecular formula is C15H12O4S. The highest BCUT2D eigenvalue weighted by Crippen LogP contribution is 2.28. The van der Waals surface area contributed by atoms with Crippen molar-refractivity contribution in [2.75, 3.05) is 6.61 Å². The van der Waals surface area contributed by atoms with Gasteiger partial charge >= 0.3 is 10.1 Å². The normalized spacial score (nSPS) is 13.9. The molecule has 0 aromatic heterocycles. The van der Waals surface area contributed by atoms with Crippen LogP contribution in [0.3, 0.4) is 0 Å². The molecule has 2 aromatic rings. The molecule has 5 heteroatoms. The van der Waals surface area contributed by atoms with Crippen LogP contribution in [-0.4, -0.2) is 15.0 Å². The lowest BCUT2D eigenvalue weighted by atomic mass is 10.1. The van der Waals surface area contributed by atoms with E-state index in [1.54, 1.807) is 48.5 Å². The standard InChI is InChI=1S/C15H12O4S/c16-20(17,19-13-7-2-1-3-8-13)14-10-12-6-4-5-9-15(12)18-11-14/h1-10H,11H2. The molecule has 3 rings (SSSR count). The Labute approximate surface area is 117 Å². The van der Waals surface area contributed by atoms with Crippen molar-refractivity contribution in [3.8, 4) is 11.5 Å². The van der Waals surface area contributed by atoms with Gasteiger partial charge in [0.2, 0.25) is 0 Å². The molecule has 0 spiro atoms. The topological polar surface area (TPSA) is 52.6 Å². The Morgan fingerprint density at radius 1 is 0.950 bits per heavy atom. The summed E-state index contributed by atoms with van der Waals surface area (Å²) in [6, 6.07) is 15.7. The summed E-state index contributed by atoms with van der Waals surface area (Å²) in [6.45, 7) is -0.0216. The largest absolute Gasteiger partial charge is 0.487 e. The lowest BCUT2D eigenvalue weighted by Crippen LogP contribution is -2.19. The predicted octanol–water partition coefficient (Wildman–Crippen LogP) is 2.83. The van der Waals surface area contributed by atoms with E-state index in [9.17, 15) is 8.42 Å². The highest BCUT2D eigenvalue weighted by molar-refractivity contribution is 7.91. The molecule has 0 radical (unpaired) electrons. The van der Waals surface area contributed by atoms with Crippen LogP contribution in [0.2, 0.25) is 0 Å². The summed E-state index contributed by atoms with van der Waals surface area (Å²) in [7, 11) is -3.84. The molecule has 1 aliphatic rings. The van der Waals surface area contributed by atoms with Crippen molar-refractivity contribution in [3.05, 3.63) is 65.1 Å². The minimum Gasteiger partial charge on any atom is -0.487 e. The van der Waals surface area contributed by atoms with Crippen molar-refractivity contribution in [1.29, 1.82) is 0 Å². The van der Waals surface area contributed by atoms with Crippen LogP contribution in [0.5, 0.6) is 11.5 Å². The maximum absolute atomic E-state index is 12.2. The van der Waals surface area contributed by atoms with Crippen molar-refractivity contribution < 1.29 is 17.3 Å². The van der Waals surface area contributed by atoms with Crippen LogP contribution in [0.4, 0.5) is 0 Å². The van der Waals surface area contributed by atoms with Crippen LogP contribution in [-0.2, 0) is 10.1 Å². The van der Waals surface area contributed by atoms with Gasteiger partial charge in [0.1, 0.15) is 23.0 Å². The van der Waals surface area contributed by atoms with E-state index in [1.807, 2.05) is 12.1 Å². The fourth-order valence-electron chi connectivity index (χ4n) is 1.90. The zero-order valence-corrected chi connectivity index (χ0v) is 11.3. The van der Waals surface area contributed by atoms with Crippen LogP contribution < -0.4 is 8.92 Å². The smallest absolute Gasteiger partial charge is 0.338 e. The molecule has 0 N–H and O–H groups in total. The average molecular weight is 288 g/mol. The van der Waals surface area contributed by atoms with Gasteiger partial charge in [0.05, 0.1) is 0 Å². The van der Waals surface area contributed by atoms with Gasteiger partial charge in [0.25, 0.3) is 0 Å². The third-order valence-electron chi connectivity index (χ3n) is 2.88. The molecule has 0 bridgehead atoms. The number of fused-ring (bicyclic) bond motifs is 1. The van der Waals surface area contributed by atoms with Crippen LogP contribution in [0.1, 0.15) is 5.56 Å². The quantitative estimate of drug-likeness (QED) is 0.815. The fourth-order valence-corrected chi connectivity index (χ4v) is 2.84. The number of hydrogen-bond donors (Lipinski definition) is 0. The van der Waals surface area contributed by atoms with E-state index in [0.29, 0.717) is 5.75 Å². The number of rotatable bonds is 3. The minimum atomic E-state index is -3.84. The molecule has 0 saturated heterocycles. The van der Waals surface area contributed by atoms with Gasteiger partial charge in [-0.2, -0.15) is 8.42 Å². The molecule has 0 saturated carbocycles. The molecule has 20 heavy (non-hydrogen) atoms. The van der Waals surface area contributed by atoms with Crippen LogP contribution in [0, 0.1) is 0 Å². The van der Waals surface area contributed by atoms with Crippen LogP contribution >= 0.6 is 0 Å². The van der Waals surface area contributed by atoms with Crippen molar-refractivity contribution >= 4 is 16.2 Å². The van der Waals surface area contributed by atoms with E-state index in [4.69, 9.17) is 8.92 Å². The Balaban J connectivity index is 1.92. The van der Waals surface area contributed by atoms with Crippen molar-refractivity contribution in [3.63, 3.8) is 0 Å². The summed E-state index contributed by atoms with van der Waals surface area (Å²) in [5.74, 6) is 0.957. The van der Waals surface area contributed by atoms with E-state index in [2.05, 4.69) is 0 Å². The predicted molar refractivity (Wildman–Crippen MR) is 75.9 cm³/mol. The van der Waals surface area contributed by atoms with Gasteiger partial charge in [0, 0.05) is 5.56 Å². The summed E-state index contributed by atoms with van der Waals surface area (Å²) in [5.41, 5.74) is 0.731. The van der Waals surface area contributed by atoms with Gasteiger partial charge < -0.3 is 8.92 Å². The maximum atomic E-state index is 12.2. The Bertz CT molecular complexity index is 748. The summed E-state index contributed by atoms with van der Waals surface area (Å²) < 4.78 is 34.9. The average Bonchev–Trinajstić information content (AvgIpc) is 2.47. The van der Waals surface area contributed by atoms with Crippen molar-refractivity contribution in [2.45, 2.75) is 0 Å². The summed E-state index contributed by atoms with van der Waals surface area (Å²) in [5, 5.41) is 0. The van der Waals surface area contributed by atoms with Gasteiger partial charge in [0.15, 0.2) is 0 Å². The molecule has 0 atom stereocenters. The van der Waals surface area contributed by atoms with Crippen LogP contribution in [0.25, 0.3) is 6.08 Å². The second-order valence-corrected chi connectivity index (χ2v) is 5.89. The monoisotopic (exact) mass is 288 g/mol. The van der Waals surface area contributed by atoms with Crippen LogP contribution in [0.15, 0.2) is 59.5 Å². The second-order valence-electron chi connectivity index (χ2n) is 4.29. The Morgan fingerprint density at radius 2 is 1.65 bits per heavy atom. The molecule has 1 aliphatic heterocycles. The van der Waals surface area contributed by atoms with E-state index >= 15 is 0 Å². The highest BCUT2D eigenvalue weighted by Gasteiger charge is 2.24. The first-order valence-corrected chi connectivity index (χ1v) is 7.48. The van der Waals surface area contributed by atoms with Gasteiger partial charge in [-0.25, -0.2) is 0 Å². The van der Waals surface area contributed by atoms with Gasteiger partial charge in [-0.1, -0.05) is 36.4 Å². The zero-order chi connectivity index (χ0) is 14.0. The Kier molecular flexibility index (Phi) is 3.20. The Hall–Kier alpha value is -2.27. The lowest BCUT2D eigenvalue weighted by Gasteiger charge is -2.17. The number of para-hydroxylation sites is 2. The Morgan fingerprint density at radius 3 is 2.45 bits per heavy atom. The number of benzene rings is 2. The highest BCUT2D eigenvalue weighted by atomic mass is 32.2. The van der Waals surface area contributed by atoms with Gasteiger partial charge in [-0.05, 0) is 24.3 Å². The van der Waals surface area contributed by atoms with Crippen molar-refractivity contribution in [2.24, 2.45) is 0 Å². The molecule has 0 aliphatic carbocycles. The maximum Gasteiger partial charge on any atom is 0.338 e. The zero-order valence-electron chi connectivity index (χ0n) is 10.5. The molecular weight excluding hydrogens is 276 g/mol. The van der Waals surface area contributed by atoms with E-state index in [-0.39, 0.29) is 17.3 Å². The summed E-state index contributed by atoms with van der Waals surface area (Å²) in [4.78, 5) is 0.111. The first-order chi connectivity index (χ1) is 9.65. The summed E-state index contributed by atoms with van der Waals surface area (Å²) >= 11 is 0. The second kappa shape index (κ2) is 5.02. The molecule has 2 aromatic carbocycles.